The maximum Gasteiger partial charge on any atom is 0.406 e. The standard InChI is InChI=1S/C12H18F3N5/c13-12(14,15)8-20-6-5-17-10(20)7-18-11(16)19-9-3-1-2-4-9/h5-6,9H,1-4,7-8H2,(H3,16,18,19). The second kappa shape index (κ2) is 6.15. The van der Waals surface area contributed by atoms with E-state index in [0.29, 0.717) is 6.04 Å². The zero-order valence-electron chi connectivity index (χ0n) is 11.0. The van der Waals surface area contributed by atoms with Crippen LogP contribution in [0, 0.1) is 0 Å². The predicted molar refractivity (Wildman–Crippen MR) is 69.0 cm³/mol. The number of alkyl halides is 3. The first-order valence-corrected chi connectivity index (χ1v) is 6.57. The van der Waals surface area contributed by atoms with Gasteiger partial charge in [0.15, 0.2) is 5.96 Å². The van der Waals surface area contributed by atoms with Gasteiger partial charge in [0.25, 0.3) is 0 Å². The average molecular weight is 289 g/mol. The molecule has 0 aromatic carbocycles. The number of aliphatic imine (C=N–C) groups is 1. The average Bonchev–Trinajstić information content (AvgIpc) is 2.96. The number of aromatic nitrogens is 2. The molecular formula is C12H18F3N5. The molecule has 1 saturated carbocycles. The molecule has 0 amide bonds. The van der Waals surface area contributed by atoms with Gasteiger partial charge >= 0.3 is 6.18 Å². The Balaban J connectivity index is 1.91. The number of nitrogens with one attached hydrogen (secondary N) is 1. The molecular weight excluding hydrogens is 271 g/mol. The van der Waals surface area contributed by atoms with E-state index in [4.69, 9.17) is 5.73 Å². The van der Waals surface area contributed by atoms with E-state index >= 15 is 0 Å². The Morgan fingerprint density at radius 2 is 2.15 bits per heavy atom. The smallest absolute Gasteiger partial charge is 0.370 e. The molecule has 1 aliphatic rings. The molecule has 1 aliphatic carbocycles. The highest BCUT2D eigenvalue weighted by atomic mass is 19.4. The van der Waals surface area contributed by atoms with E-state index in [9.17, 15) is 13.2 Å². The normalized spacial score (nSPS) is 17.6. The summed E-state index contributed by atoms with van der Waals surface area (Å²) in [5.74, 6) is 0.511. The van der Waals surface area contributed by atoms with Crippen LogP contribution in [0.5, 0.6) is 0 Å². The van der Waals surface area contributed by atoms with E-state index in [1.807, 2.05) is 0 Å². The molecule has 2 rings (SSSR count). The van der Waals surface area contributed by atoms with Crippen LogP contribution >= 0.6 is 0 Å². The Morgan fingerprint density at radius 3 is 2.80 bits per heavy atom. The Morgan fingerprint density at radius 1 is 1.45 bits per heavy atom. The van der Waals surface area contributed by atoms with E-state index in [0.717, 1.165) is 17.4 Å². The highest BCUT2D eigenvalue weighted by Gasteiger charge is 2.28. The first-order valence-electron chi connectivity index (χ1n) is 6.57. The molecule has 1 aromatic rings. The summed E-state index contributed by atoms with van der Waals surface area (Å²) < 4.78 is 38.1. The van der Waals surface area contributed by atoms with Gasteiger partial charge in [0.05, 0.1) is 0 Å². The van der Waals surface area contributed by atoms with Crippen molar-refractivity contribution in [2.75, 3.05) is 0 Å². The van der Waals surface area contributed by atoms with Crippen molar-refractivity contribution in [3.05, 3.63) is 18.2 Å². The maximum absolute atomic E-state index is 12.3. The van der Waals surface area contributed by atoms with Crippen molar-refractivity contribution >= 4 is 5.96 Å². The van der Waals surface area contributed by atoms with Gasteiger partial charge < -0.3 is 15.6 Å². The van der Waals surface area contributed by atoms with Crippen molar-refractivity contribution in [1.82, 2.24) is 14.9 Å². The Kier molecular flexibility index (Phi) is 4.51. The van der Waals surface area contributed by atoms with Crippen LogP contribution in [0.1, 0.15) is 31.5 Å². The van der Waals surface area contributed by atoms with Gasteiger partial charge in [-0.05, 0) is 12.8 Å². The molecule has 20 heavy (non-hydrogen) atoms. The lowest BCUT2D eigenvalue weighted by Gasteiger charge is -2.13. The van der Waals surface area contributed by atoms with Gasteiger partial charge in [0.1, 0.15) is 18.9 Å². The second-order valence-corrected chi connectivity index (χ2v) is 4.91. The third-order valence-corrected chi connectivity index (χ3v) is 3.25. The number of hydrogen-bond acceptors (Lipinski definition) is 2. The first kappa shape index (κ1) is 14.7. The van der Waals surface area contributed by atoms with Gasteiger partial charge in [0.2, 0.25) is 0 Å². The first-order chi connectivity index (χ1) is 9.44. The van der Waals surface area contributed by atoms with Crippen molar-refractivity contribution < 1.29 is 13.2 Å². The van der Waals surface area contributed by atoms with Crippen molar-refractivity contribution in [2.24, 2.45) is 10.7 Å². The molecule has 0 aliphatic heterocycles. The minimum Gasteiger partial charge on any atom is -0.370 e. The molecule has 0 unspecified atom stereocenters. The van der Waals surface area contributed by atoms with Crippen LogP contribution in [0.25, 0.3) is 0 Å². The molecule has 8 heteroatoms. The zero-order valence-corrected chi connectivity index (χ0v) is 11.0. The van der Waals surface area contributed by atoms with Gasteiger partial charge in [-0.3, -0.25) is 0 Å². The van der Waals surface area contributed by atoms with Gasteiger partial charge in [-0.25, -0.2) is 9.98 Å². The van der Waals surface area contributed by atoms with Crippen LogP contribution < -0.4 is 11.1 Å². The molecule has 1 heterocycles. The number of hydrogen-bond donors (Lipinski definition) is 2. The second-order valence-electron chi connectivity index (χ2n) is 4.91. The quantitative estimate of drug-likeness (QED) is 0.656. The molecule has 5 nitrogen and oxygen atoms in total. The van der Waals surface area contributed by atoms with Crippen LogP contribution in [0.15, 0.2) is 17.4 Å². The van der Waals surface area contributed by atoms with Crippen molar-refractivity contribution in [1.29, 1.82) is 0 Å². The Hall–Kier alpha value is -1.73. The number of guanidine groups is 1. The summed E-state index contributed by atoms with van der Waals surface area (Å²) in [5.41, 5.74) is 5.73. The van der Waals surface area contributed by atoms with Gasteiger partial charge in [-0.1, -0.05) is 12.8 Å². The maximum atomic E-state index is 12.3. The number of nitrogens with two attached hydrogens (primary N) is 1. The zero-order chi connectivity index (χ0) is 14.6. The Bertz CT molecular complexity index is 460. The third-order valence-electron chi connectivity index (χ3n) is 3.25. The van der Waals surface area contributed by atoms with Crippen LogP contribution in [-0.4, -0.2) is 27.7 Å². The molecule has 0 atom stereocenters. The molecule has 0 radical (unpaired) electrons. The van der Waals surface area contributed by atoms with Crippen LogP contribution in [0.4, 0.5) is 13.2 Å². The van der Waals surface area contributed by atoms with Gasteiger partial charge in [-0.15, -0.1) is 0 Å². The molecule has 112 valence electrons. The topological polar surface area (TPSA) is 68.2 Å². The monoisotopic (exact) mass is 289 g/mol. The van der Waals surface area contributed by atoms with Gasteiger partial charge in [0, 0.05) is 18.4 Å². The molecule has 3 N–H and O–H groups in total. The van der Waals surface area contributed by atoms with Crippen molar-refractivity contribution in [2.45, 2.75) is 51.0 Å². The fourth-order valence-electron chi connectivity index (χ4n) is 2.31. The van der Waals surface area contributed by atoms with E-state index in [-0.39, 0.29) is 18.3 Å². The number of nitrogens with zero attached hydrogens (tertiary/aromatic N) is 3. The molecule has 0 spiro atoms. The minimum atomic E-state index is -4.27. The molecule has 1 fully saturated rings. The summed E-state index contributed by atoms with van der Waals surface area (Å²) in [6.07, 6.45) is 2.79. The van der Waals surface area contributed by atoms with Crippen LogP contribution in [0.2, 0.25) is 0 Å². The largest absolute Gasteiger partial charge is 0.406 e. The minimum absolute atomic E-state index is 0.0363. The summed E-state index contributed by atoms with van der Waals surface area (Å²) in [5, 5.41) is 3.08. The highest BCUT2D eigenvalue weighted by molar-refractivity contribution is 5.78. The lowest BCUT2D eigenvalue weighted by Crippen LogP contribution is -2.38. The third kappa shape index (κ3) is 4.43. The fraction of sp³-hybridized carbons (Fsp3) is 0.667. The number of imidazole rings is 1. The summed E-state index contributed by atoms with van der Waals surface area (Å²) in [6.45, 7) is -1.03. The molecule has 1 aromatic heterocycles. The van der Waals surface area contributed by atoms with E-state index in [2.05, 4.69) is 15.3 Å². The van der Waals surface area contributed by atoms with E-state index in [1.165, 1.54) is 25.2 Å². The van der Waals surface area contributed by atoms with E-state index in [1.54, 1.807) is 0 Å². The number of rotatable bonds is 4. The summed E-state index contributed by atoms with van der Waals surface area (Å²) in [7, 11) is 0. The summed E-state index contributed by atoms with van der Waals surface area (Å²) >= 11 is 0. The summed E-state index contributed by atoms with van der Waals surface area (Å²) in [6, 6.07) is 0.327. The summed E-state index contributed by atoms with van der Waals surface area (Å²) in [4.78, 5) is 7.93. The molecule has 0 saturated heterocycles. The highest BCUT2D eigenvalue weighted by Crippen LogP contribution is 2.19. The Labute approximate surface area is 115 Å². The van der Waals surface area contributed by atoms with Crippen LogP contribution in [-0.2, 0) is 13.1 Å². The SMILES string of the molecule is NC(=NCc1nccn1CC(F)(F)F)NC1CCCC1. The van der Waals surface area contributed by atoms with Crippen molar-refractivity contribution in [3.63, 3.8) is 0 Å². The molecule has 0 bridgehead atoms. The van der Waals surface area contributed by atoms with Gasteiger partial charge in [-0.2, -0.15) is 13.2 Å². The lowest BCUT2D eigenvalue weighted by atomic mass is 10.2. The van der Waals surface area contributed by atoms with Crippen LogP contribution in [0.3, 0.4) is 0 Å². The predicted octanol–water partition coefficient (Wildman–Crippen LogP) is 1.79. The van der Waals surface area contributed by atoms with Crippen molar-refractivity contribution in [3.8, 4) is 0 Å². The number of halogens is 3. The lowest BCUT2D eigenvalue weighted by molar-refractivity contribution is -0.141. The van der Waals surface area contributed by atoms with E-state index < -0.39 is 12.7 Å². The fourth-order valence-corrected chi connectivity index (χ4v) is 2.31.